The van der Waals surface area contributed by atoms with Gasteiger partial charge >= 0.3 is 0 Å². The summed E-state index contributed by atoms with van der Waals surface area (Å²) in [7, 11) is -3.19. The van der Waals surface area contributed by atoms with Crippen molar-refractivity contribution in [3.05, 3.63) is 59.0 Å². The second-order valence-corrected chi connectivity index (χ2v) is 12.0. The lowest BCUT2D eigenvalue weighted by atomic mass is 9.97. The number of rotatable bonds is 7. The monoisotopic (exact) mass is 462 g/mol. The standard InChI is InChI=1S/C24H28ClFN2O2S/c1-24(2,3)15-28-14-17(10-11-27-31(29,30)19-6-7-19)21-8-4-16(12-23(21)28)20-9-5-18(26)13-22(20)25/h4-5,8-9,12-14,19,27H,6-7,10-11,15H2,1-3H3. The van der Waals surface area contributed by atoms with Gasteiger partial charge in [0, 0.05) is 35.8 Å². The lowest BCUT2D eigenvalue weighted by molar-refractivity contribution is 0.349. The zero-order valence-electron chi connectivity index (χ0n) is 18.1. The van der Waals surface area contributed by atoms with E-state index >= 15 is 0 Å². The van der Waals surface area contributed by atoms with Crippen molar-refractivity contribution in [2.45, 2.75) is 51.8 Å². The summed E-state index contributed by atoms with van der Waals surface area (Å²) in [5.41, 5.74) is 3.95. The van der Waals surface area contributed by atoms with E-state index in [0.717, 1.165) is 47.0 Å². The van der Waals surface area contributed by atoms with Gasteiger partial charge in [-0.2, -0.15) is 0 Å². The summed E-state index contributed by atoms with van der Waals surface area (Å²) >= 11 is 6.30. The zero-order chi connectivity index (χ0) is 22.4. The Bertz CT molecular complexity index is 1220. The Balaban J connectivity index is 1.68. The molecular formula is C24H28ClFN2O2S. The number of nitrogens with one attached hydrogen (secondary N) is 1. The molecule has 0 radical (unpaired) electrons. The number of benzene rings is 2. The van der Waals surface area contributed by atoms with Crippen LogP contribution in [0.25, 0.3) is 22.0 Å². The number of hydrogen-bond donors (Lipinski definition) is 1. The minimum Gasteiger partial charge on any atom is -0.347 e. The molecule has 1 N–H and O–H groups in total. The Morgan fingerprint density at radius 2 is 1.90 bits per heavy atom. The summed E-state index contributed by atoms with van der Waals surface area (Å²) in [5.74, 6) is -0.359. The Kier molecular flexibility index (Phi) is 5.92. The van der Waals surface area contributed by atoms with E-state index in [1.807, 2.05) is 12.1 Å². The van der Waals surface area contributed by atoms with Gasteiger partial charge in [0.1, 0.15) is 5.82 Å². The molecule has 166 valence electrons. The van der Waals surface area contributed by atoms with E-state index in [1.165, 1.54) is 12.1 Å². The Labute approximate surface area is 188 Å². The molecule has 0 aliphatic heterocycles. The van der Waals surface area contributed by atoms with Crippen LogP contribution in [-0.4, -0.2) is 24.8 Å². The summed E-state index contributed by atoms with van der Waals surface area (Å²) in [6.07, 6.45) is 4.26. The van der Waals surface area contributed by atoms with E-state index < -0.39 is 10.0 Å². The maximum atomic E-state index is 13.5. The van der Waals surface area contributed by atoms with Crippen LogP contribution in [0.3, 0.4) is 0 Å². The third kappa shape index (κ3) is 5.13. The summed E-state index contributed by atoms with van der Waals surface area (Å²) in [6.45, 7) is 7.76. The van der Waals surface area contributed by atoms with Crippen molar-refractivity contribution in [1.29, 1.82) is 0 Å². The molecule has 0 amide bonds. The maximum Gasteiger partial charge on any atom is 0.214 e. The zero-order valence-corrected chi connectivity index (χ0v) is 19.7. The Morgan fingerprint density at radius 1 is 1.16 bits per heavy atom. The normalized spacial score (nSPS) is 15.0. The van der Waals surface area contributed by atoms with Crippen molar-refractivity contribution in [3.63, 3.8) is 0 Å². The van der Waals surface area contributed by atoms with Gasteiger partial charge in [-0.15, -0.1) is 0 Å². The number of halogens is 2. The highest BCUT2D eigenvalue weighted by Gasteiger charge is 2.35. The third-order valence-corrected chi connectivity index (χ3v) is 7.78. The van der Waals surface area contributed by atoms with Crippen molar-refractivity contribution in [2.75, 3.05) is 6.54 Å². The van der Waals surface area contributed by atoms with E-state index in [4.69, 9.17) is 11.6 Å². The van der Waals surface area contributed by atoms with Gasteiger partial charge in [-0.25, -0.2) is 17.5 Å². The molecule has 0 atom stereocenters. The highest BCUT2D eigenvalue weighted by molar-refractivity contribution is 7.90. The molecule has 1 saturated carbocycles. The first-order valence-corrected chi connectivity index (χ1v) is 12.5. The molecule has 4 rings (SSSR count). The van der Waals surface area contributed by atoms with Crippen LogP contribution in [0, 0.1) is 11.2 Å². The van der Waals surface area contributed by atoms with Gasteiger partial charge < -0.3 is 4.57 Å². The molecule has 3 aromatic rings. The molecule has 1 aliphatic rings. The second kappa shape index (κ2) is 8.23. The first-order valence-electron chi connectivity index (χ1n) is 10.6. The molecule has 31 heavy (non-hydrogen) atoms. The minimum atomic E-state index is -3.19. The van der Waals surface area contributed by atoms with Crippen LogP contribution < -0.4 is 4.72 Å². The minimum absolute atomic E-state index is 0.0697. The largest absolute Gasteiger partial charge is 0.347 e. The van der Waals surface area contributed by atoms with Gasteiger partial charge in [0.15, 0.2) is 0 Å². The summed E-state index contributed by atoms with van der Waals surface area (Å²) < 4.78 is 42.7. The van der Waals surface area contributed by atoms with E-state index in [-0.39, 0.29) is 16.5 Å². The topological polar surface area (TPSA) is 51.1 Å². The van der Waals surface area contributed by atoms with Gasteiger partial charge in [0.2, 0.25) is 10.0 Å². The van der Waals surface area contributed by atoms with Gasteiger partial charge in [0.05, 0.1) is 10.3 Å². The average Bonchev–Trinajstić information content (AvgIpc) is 3.47. The predicted molar refractivity (Wildman–Crippen MR) is 125 cm³/mol. The molecule has 0 spiro atoms. The van der Waals surface area contributed by atoms with Crippen LogP contribution in [0.2, 0.25) is 5.02 Å². The third-order valence-electron chi connectivity index (χ3n) is 5.51. The quantitative estimate of drug-likeness (QED) is 0.484. The first kappa shape index (κ1) is 22.3. The maximum absolute atomic E-state index is 13.5. The molecule has 4 nitrogen and oxygen atoms in total. The number of nitrogens with zero attached hydrogens (tertiary/aromatic N) is 1. The number of fused-ring (bicyclic) bond motifs is 1. The molecular weight excluding hydrogens is 435 g/mol. The molecule has 0 saturated heterocycles. The van der Waals surface area contributed by atoms with E-state index in [9.17, 15) is 12.8 Å². The van der Waals surface area contributed by atoms with E-state index in [0.29, 0.717) is 18.0 Å². The van der Waals surface area contributed by atoms with E-state index in [2.05, 4.69) is 42.3 Å². The van der Waals surface area contributed by atoms with Crippen LogP contribution in [0.1, 0.15) is 39.2 Å². The molecule has 0 bridgehead atoms. The summed E-state index contributed by atoms with van der Waals surface area (Å²) in [6, 6.07) is 10.6. The molecule has 1 heterocycles. The van der Waals surface area contributed by atoms with Crippen molar-refractivity contribution >= 4 is 32.5 Å². The van der Waals surface area contributed by atoms with Crippen molar-refractivity contribution < 1.29 is 12.8 Å². The number of aromatic nitrogens is 1. The average molecular weight is 463 g/mol. The van der Waals surface area contributed by atoms with Crippen molar-refractivity contribution in [3.8, 4) is 11.1 Å². The van der Waals surface area contributed by atoms with Crippen LogP contribution in [0.5, 0.6) is 0 Å². The number of sulfonamides is 1. The van der Waals surface area contributed by atoms with Crippen molar-refractivity contribution in [2.24, 2.45) is 5.41 Å². The lowest BCUT2D eigenvalue weighted by Crippen LogP contribution is -2.29. The lowest BCUT2D eigenvalue weighted by Gasteiger charge is -2.20. The first-order chi connectivity index (χ1) is 14.5. The molecule has 1 aliphatic carbocycles. The fraction of sp³-hybridized carbons (Fsp3) is 0.417. The Hall–Kier alpha value is -1.89. The molecule has 1 fully saturated rings. The predicted octanol–water partition coefficient (Wildman–Crippen LogP) is 5.77. The summed E-state index contributed by atoms with van der Waals surface area (Å²) in [5, 5.41) is 1.26. The molecule has 2 aromatic carbocycles. The Morgan fingerprint density at radius 3 is 2.55 bits per heavy atom. The highest BCUT2D eigenvalue weighted by atomic mass is 35.5. The summed E-state index contributed by atoms with van der Waals surface area (Å²) in [4.78, 5) is 0. The molecule has 0 unspecified atom stereocenters. The smallest absolute Gasteiger partial charge is 0.214 e. The van der Waals surface area contributed by atoms with Crippen LogP contribution >= 0.6 is 11.6 Å². The second-order valence-electron chi connectivity index (χ2n) is 9.59. The van der Waals surface area contributed by atoms with Crippen LogP contribution in [-0.2, 0) is 23.0 Å². The highest BCUT2D eigenvalue weighted by Crippen LogP contribution is 2.34. The van der Waals surface area contributed by atoms with Gasteiger partial charge in [-0.3, -0.25) is 0 Å². The van der Waals surface area contributed by atoms with Gasteiger partial charge in [-0.1, -0.05) is 44.5 Å². The van der Waals surface area contributed by atoms with Gasteiger partial charge in [-0.05, 0) is 60.1 Å². The molecule has 1 aromatic heterocycles. The van der Waals surface area contributed by atoms with E-state index in [1.54, 1.807) is 6.07 Å². The van der Waals surface area contributed by atoms with Crippen LogP contribution in [0.15, 0.2) is 42.6 Å². The SMILES string of the molecule is CC(C)(C)Cn1cc(CCNS(=O)(=O)C2CC2)c2ccc(-c3ccc(F)cc3Cl)cc21. The van der Waals surface area contributed by atoms with Crippen LogP contribution in [0.4, 0.5) is 4.39 Å². The fourth-order valence-corrected chi connectivity index (χ4v) is 5.58. The van der Waals surface area contributed by atoms with Crippen molar-refractivity contribution in [1.82, 2.24) is 9.29 Å². The fourth-order valence-electron chi connectivity index (χ4n) is 3.92. The molecule has 7 heteroatoms. The number of hydrogen-bond acceptors (Lipinski definition) is 2. The van der Waals surface area contributed by atoms with Gasteiger partial charge in [0.25, 0.3) is 0 Å².